The van der Waals surface area contributed by atoms with Gasteiger partial charge in [-0.2, -0.15) is 0 Å². The van der Waals surface area contributed by atoms with Gasteiger partial charge in [0.15, 0.2) is 0 Å². The summed E-state index contributed by atoms with van der Waals surface area (Å²) in [6.45, 7) is 7.78. The number of hydrogen-bond acceptors (Lipinski definition) is 5. The van der Waals surface area contributed by atoms with Crippen LogP contribution in [0.25, 0.3) is 6.08 Å². The summed E-state index contributed by atoms with van der Waals surface area (Å²) in [4.78, 5) is 42.6. The Bertz CT molecular complexity index is 1130. The minimum atomic E-state index is -1.03. The number of fused-ring (bicyclic) bond motifs is 10. The third kappa shape index (κ3) is 8.17. The second kappa shape index (κ2) is 13.9. The largest absolute Gasteiger partial charge is 0.487 e. The van der Waals surface area contributed by atoms with Crippen LogP contribution in [0.3, 0.4) is 0 Å². The van der Waals surface area contributed by atoms with Gasteiger partial charge < -0.3 is 20.7 Å². The minimum Gasteiger partial charge on any atom is -0.487 e. The predicted octanol–water partition coefficient (Wildman–Crippen LogP) is 3.38. The van der Waals surface area contributed by atoms with E-state index in [2.05, 4.69) is 16.0 Å². The summed E-state index contributed by atoms with van der Waals surface area (Å²) in [5.41, 5.74) is 1.91. The fraction of sp³-hybridized carbons (Fsp3) is 0.452. The zero-order valence-electron chi connectivity index (χ0n) is 23.8. The van der Waals surface area contributed by atoms with Crippen molar-refractivity contribution in [2.45, 2.75) is 64.8 Å². The van der Waals surface area contributed by atoms with Crippen molar-refractivity contribution in [3.8, 4) is 5.75 Å². The molecule has 5 atom stereocenters. The lowest BCUT2D eigenvalue weighted by Gasteiger charge is -2.34. The number of nitrogens with one attached hydrogen (secondary N) is 3. The van der Waals surface area contributed by atoms with Gasteiger partial charge in [-0.25, -0.2) is 0 Å². The van der Waals surface area contributed by atoms with Crippen molar-refractivity contribution in [1.82, 2.24) is 20.9 Å². The van der Waals surface area contributed by atoms with Gasteiger partial charge in [-0.3, -0.25) is 19.3 Å². The molecule has 0 unspecified atom stereocenters. The fourth-order valence-corrected chi connectivity index (χ4v) is 4.55. The molecule has 2 aromatic carbocycles. The molecular weight excluding hydrogens is 492 g/mol. The average Bonchev–Trinajstić information content (AvgIpc) is 2.92. The molecule has 0 aliphatic carbocycles. The van der Waals surface area contributed by atoms with Crippen LogP contribution in [0.4, 0.5) is 0 Å². The molecule has 2 aliphatic heterocycles. The molecule has 2 aliphatic rings. The maximum Gasteiger partial charge on any atom is 0.247 e. The highest BCUT2D eigenvalue weighted by Gasteiger charge is 2.38. The highest BCUT2D eigenvalue weighted by molar-refractivity contribution is 5.94. The molecule has 0 spiro atoms. The Hall–Kier alpha value is -3.65. The number of carbonyl (C=O) groups is 3. The zero-order chi connectivity index (χ0) is 28.5. The van der Waals surface area contributed by atoms with E-state index in [1.54, 1.807) is 12.3 Å². The van der Waals surface area contributed by atoms with Gasteiger partial charge in [0, 0.05) is 6.20 Å². The van der Waals surface area contributed by atoms with Crippen molar-refractivity contribution in [3.63, 3.8) is 0 Å². The highest BCUT2D eigenvalue weighted by atomic mass is 16.5. The second-order valence-corrected chi connectivity index (χ2v) is 10.8. The average molecular weight is 535 g/mol. The van der Waals surface area contributed by atoms with Crippen LogP contribution in [0.1, 0.15) is 45.2 Å². The van der Waals surface area contributed by atoms with Crippen LogP contribution < -0.4 is 20.7 Å². The number of carbonyl (C=O) groups excluding carboxylic acids is 3. The minimum absolute atomic E-state index is 0.128. The van der Waals surface area contributed by atoms with E-state index in [0.29, 0.717) is 18.6 Å². The first-order valence-electron chi connectivity index (χ1n) is 13.7. The molecule has 3 amide bonds. The van der Waals surface area contributed by atoms with Crippen molar-refractivity contribution < 1.29 is 19.1 Å². The SMILES string of the molecule is CC[C@H](C)[C@@H]1NC(=O)[C@H](NC(=O)[C@H](Cc2ccccc2)N(C)C)[C@@H](C(C)C)Oc2ccc(cc2)C=CNC1=O. The number of ether oxygens (including phenoxy) is 1. The number of nitrogens with zero attached hydrogens (tertiary/aromatic N) is 1. The normalized spacial score (nSPS) is 21.5. The lowest BCUT2D eigenvalue weighted by molar-refractivity contribution is -0.136. The van der Waals surface area contributed by atoms with Crippen molar-refractivity contribution >= 4 is 23.8 Å². The molecule has 39 heavy (non-hydrogen) atoms. The Kier molecular flexibility index (Phi) is 10.7. The molecule has 0 fully saturated rings. The van der Waals surface area contributed by atoms with E-state index < -0.39 is 30.1 Å². The first kappa shape index (κ1) is 29.9. The summed E-state index contributed by atoms with van der Waals surface area (Å²) in [5, 5.41) is 8.73. The number of hydrogen-bond donors (Lipinski definition) is 3. The van der Waals surface area contributed by atoms with Gasteiger partial charge in [0.2, 0.25) is 17.7 Å². The Morgan fingerprint density at radius 2 is 1.67 bits per heavy atom. The highest BCUT2D eigenvalue weighted by Crippen LogP contribution is 2.21. The Balaban J connectivity index is 1.99. The summed E-state index contributed by atoms with van der Waals surface area (Å²) < 4.78 is 6.35. The molecule has 2 heterocycles. The van der Waals surface area contributed by atoms with Crippen LogP contribution in [0.5, 0.6) is 5.75 Å². The van der Waals surface area contributed by atoms with Crippen LogP contribution in [-0.2, 0) is 20.8 Å². The molecule has 0 saturated carbocycles. The van der Waals surface area contributed by atoms with Crippen molar-refractivity contribution in [2.24, 2.45) is 11.8 Å². The van der Waals surface area contributed by atoms with E-state index in [4.69, 9.17) is 4.74 Å². The molecule has 4 rings (SSSR count). The maximum absolute atomic E-state index is 13.9. The number of likely N-dealkylation sites (N-methyl/N-ethyl adjacent to an activating group) is 1. The second-order valence-electron chi connectivity index (χ2n) is 10.8. The van der Waals surface area contributed by atoms with E-state index in [9.17, 15) is 14.4 Å². The fourth-order valence-electron chi connectivity index (χ4n) is 4.55. The smallest absolute Gasteiger partial charge is 0.247 e. The topological polar surface area (TPSA) is 99.8 Å². The quantitative estimate of drug-likeness (QED) is 0.482. The molecule has 8 heteroatoms. The van der Waals surface area contributed by atoms with Gasteiger partial charge >= 0.3 is 0 Å². The third-order valence-corrected chi connectivity index (χ3v) is 7.21. The van der Waals surface area contributed by atoms with Gasteiger partial charge in [0.25, 0.3) is 0 Å². The molecular formula is C31H42N4O4. The van der Waals surface area contributed by atoms with E-state index in [-0.39, 0.29) is 23.7 Å². The predicted molar refractivity (Wildman–Crippen MR) is 154 cm³/mol. The van der Waals surface area contributed by atoms with Gasteiger partial charge in [-0.1, -0.05) is 76.6 Å². The van der Waals surface area contributed by atoms with Crippen LogP contribution in [-0.4, -0.2) is 60.9 Å². The summed E-state index contributed by atoms with van der Waals surface area (Å²) in [7, 11) is 3.69. The van der Waals surface area contributed by atoms with Crippen LogP contribution in [0, 0.1) is 11.8 Å². The Morgan fingerprint density at radius 3 is 2.26 bits per heavy atom. The molecule has 8 nitrogen and oxygen atoms in total. The molecule has 2 bridgehead atoms. The molecule has 0 aromatic heterocycles. The molecule has 2 aromatic rings. The first-order chi connectivity index (χ1) is 18.6. The molecule has 0 radical (unpaired) electrons. The van der Waals surface area contributed by atoms with Crippen molar-refractivity contribution in [1.29, 1.82) is 0 Å². The van der Waals surface area contributed by atoms with Gasteiger partial charge in [-0.15, -0.1) is 0 Å². The number of rotatable bonds is 8. The monoisotopic (exact) mass is 534 g/mol. The summed E-state index contributed by atoms with van der Waals surface area (Å²) in [5.74, 6) is -0.734. The van der Waals surface area contributed by atoms with E-state index in [0.717, 1.165) is 11.1 Å². The van der Waals surface area contributed by atoms with Crippen LogP contribution >= 0.6 is 0 Å². The molecule has 3 N–H and O–H groups in total. The Labute approximate surface area is 232 Å². The summed E-state index contributed by atoms with van der Waals surface area (Å²) in [6, 6.07) is 14.8. The van der Waals surface area contributed by atoms with E-state index in [1.807, 2.05) is 101 Å². The lowest BCUT2D eigenvalue weighted by atomic mass is 9.94. The van der Waals surface area contributed by atoms with Crippen molar-refractivity contribution in [2.75, 3.05) is 14.1 Å². The zero-order valence-corrected chi connectivity index (χ0v) is 23.8. The lowest BCUT2D eigenvalue weighted by Crippen LogP contribution is -2.62. The maximum atomic E-state index is 13.9. The first-order valence-corrected chi connectivity index (χ1v) is 13.7. The third-order valence-electron chi connectivity index (χ3n) is 7.21. The van der Waals surface area contributed by atoms with Crippen LogP contribution in [0.15, 0.2) is 60.8 Å². The van der Waals surface area contributed by atoms with Crippen LogP contribution in [0.2, 0.25) is 0 Å². The van der Waals surface area contributed by atoms with Crippen molar-refractivity contribution in [3.05, 3.63) is 71.9 Å². The summed E-state index contributed by atoms with van der Waals surface area (Å²) in [6.07, 6.45) is 3.85. The Morgan fingerprint density at radius 1 is 1.00 bits per heavy atom. The standard InChI is InChI=1S/C31H42N4O4/c1-7-21(4)26-30(37)32-18-17-22-13-15-24(16-14-22)39-28(20(2)3)27(31(38)33-26)34-29(36)25(35(5)6)19-23-11-9-8-10-12-23/h8-18,20-21,25-28H,7,19H2,1-6H3,(H,32,37)(H,33,38)(H,34,36)/t21-,25-,26-,27+,28+/m0/s1. The number of amides is 3. The van der Waals surface area contributed by atoms with Gasteiger partial charge in [0.05, 0.1) is 6.04 Å². The van der Waals surface area contributed by atoms with E-state index in [1.165, 1.54) is 0 Å². The number of benzene rings is 2. The van der Waals surface area contributed by atoms with Gasteiger partial charge in [0.1, 0.15) is 23.9 Å². The van der Waals surface area contributed by atoms with Gasteiger partial charge in [-0.05, 0) is 61.7 Å². The summed E-state index contributed by atoms with van der Waals surface area (Å²) >= 11 is 0. The molecule has 210 valence electrons. The van der Waals surface area contributed by atoms with E-state index >= 15 is 0 Å². The molecule has 0 saturated heterocycles.